The maximum Gasteiger partial charge on any atom is 0.258 e. The van der Waals surface area contributed by atoms with Crippen LogP contribution in [0.3, 0.4) is 0 Å². The Morgan fingerprint density at radius 2 is 2.06 bits per heavy atom. The molecular formula is C24H25N5O2. The topological polar surface area (TPSA) is 79.7 Å². The van der Waals surface area contributed by atoms with Gasteiger partial charge in [-0.1, -0.05) is 18.2 Å². The fraction of sp³-hybridized carbons (Fsp3) is 0.250. The van der Waals surface area contributed by atoms with Gasteiger partial charge in [-0.2, -0.15) is 0 Å². The summed E-state index contributed by atoms with van der Waals surface area (Å²) in [7, 11) is 1.98. The monoisotopic (exact) mass is 415 g/mol. The van der Waals surface area contributed by atoms with Gasteiger partial charge < -0.3 is 15.0 Å². The predicted octanol–water partition coefficient (Wildman–Crippen LogP) is 3.75. The largest absolute Gasteiger partial charge is 0.484 e. The van der Waals surface area contributed by atoms with Crippen molar-refractivity contribution in [2.45, 2.75) is 26.4 Å². The Balaban J connectivity index is 1.51. The lowest BCUT2D eigenvalue weighted by Gasteiger charge is -2.19. The average molecular weight is 415 g/mol. The summed E-state index contributed by atoms with van der Waals surface area (Å²) in [6.45, 7) is 4.54. The van der Waals surface area contributed by atoms with Crippen LogP contribution in [0.25, 0.3) is 11.4 Å². The molecule has 158 valence electrons. The fourth-order valence-corrected chi connectivity index (χ4v) is 3.34. The van der Waals surface area contributed by atoms with Crippen molar-refractivity contribution in [2.24, 2.45) is 4.99 Å². The molecule has 7 nitrogen and oxygen atoms in total. The third kappa shape index (κ3) is 4.88. The molecule has 1 aliphatic heterocycles. The highest BCUT2D eigenvalue weighted by Gasteiger charge is 2.13. The van der Waals surface area contributed by atoms with Crippen LogP contribution in [0.15, 0.2) is 59.7 Å². The quantitative estimate of drug-likeness (QED) is 0.636. The molecule has 4 rings (SSSR count). The first-order valence-corrected chi connectivity index (χ1v) is 10.2. The molecule has 7 heteroatoms. The molecule has 0 saturated heterocycles. The number of carbonyl (C=O) groups is 1. The molecule has 3 aromatic rings. The molecule has 1 N–H and O–H groups in total. The van der Waals surface area contributed by atoms with Gasteiger partial charge in [0.15, 0.2) is 12.4 Å². The molecule has 0 fully saturated rings. The maximum atomic E-state index is 11.8. The van der Waals surface area contributed by atoms with E-state index < -0.39 is 0 Å². The summed E-state index contributed by atoms with van der Waals surface area (Å²) in [4.78, 5) is 27.3. The van der Waals surface area contributed by atoms with Gasteiger partial charge in [0.05, 0.1) is 6.54 Å². The molecule has 0 saturated carbocycles. The highest BCUT2D eigenvalue weighted by atomic mass is 16.5. The minimum atomic E-state index is -0.153. The zero-order valence-corrected chi connectivity index (χ0v) is 17.9. The number of aromatic nitrogens is 2. The number of nitrogens with zero attached hydrogens (tertiary/aromatic N) is 4. The van der Waals surface area contributed by atoms with Crippen molar-refractivity contribution in [1.29, 1.82) is 0 Å². The van der Waals surface area contributed by atoms with E-state index in [1.54, 1.807) is 6.20 Å². The third-order valence-electron chi connectivity index (χ3n) is 4.91. The first kappa shape index (κ1) is 20.5. The zero-order valence-electron chi connectivity index (χ0n) is 17.9. The minimum Gasteiger partial charge on any atom is -0.484 e. The normalized spacial score (nSPS) is 12.0. The van der Waals surface area contributed by atoms with Crippen molar-refractivity contribution in [1.82, 2.24) is 15.3 Å². The summed E-state index contributed by atoms with van der Waals surface area (Å²) in [6.07, 6.45) is 3.65. The fourth-order valence-electron chi connectivity index (χ4n) is 3.34. The Hall–Kier alpha value is -3.74. The van der Waals surface area contributed by atoms with E-state index in [0.29, 0.717) is 11.6 Å². The number of hydrogen-bond acceptors (Lipinski definition) is 6. The van der Waals surface area contributed by atoms with Crippen LogP contribution in [0.2, 0.25) is 0 Å². The first-order valence-electron chi connectivity index (χ1n) is 10.2. The second-order valence-electron chi connectivity index (χ2n) is 7.69. The number of anilines is 2. The minimum absolute atomic E-state index is 0.0348. The lowest BCUT2D eigenvalue weighted by molar-refractivity contribution is -0.123. The van der Waals surface area contributed by atoms with E-state index in [2.05, 4.69) is 33.5 Å². The Bertz CT molecular complexity index is 1130. The second-order valence-corrected chi connectivity index (χ2v) is 7.69. The number of rotatable bonds is 7. The maximum absolute atomic E-state index is 11.8. The summed E-state index contributed by atoms with van der Waals surface area (Å²) in [5.74, 6) is 1.81. The van der Waals surface area contributed by atoms with Gasteiger partial charge in [-0.05, 0) is 55.3 Å². The highest BCUT2D eigenvalue weighted by molar-refractivity contribution is 5.86. The van der Waals surface area contributed by atoms with E-state index in [4.69, 9.17) is 9.72 Å². The Morgan fingerprint density at radius 1 is 1.19 bits per heavy atom. The van der Waals surface area contributed by atoms with Gasteiger partial charge in [-0.15, -0.1) is 0 Å². The van der Waals surface area contributed by atoms with E-state index in [1.807, 2.05) is 62.3 Å². The van der Waals surface area contributed by atoms with Gasteiger partial charge in [-0.25, -0.2) is 9.97 Å². The molecule has 2 heterocycles. The number of amides is 1. The van der Waals surface area contributed by atoms with Crippen LogP contribution in [0.5, 0.6) is 5.75 Å². The summed E-state index contributed by atoms with van der Waals surface area (Å²) in [5.41, 5.74) is 4.23. The number of benzene rings is 2. The Kier molecular flexibility index (Phi) is 5.93. The molecule has 0 aliphatic carbocycles. The van der Waals surface area contributed by atoms with Gasteiger partial charge in [0, 0.05) is 36.8 Å². The number of aliphatic imine (C=N–C) groups is 1. The zero-order chi connectivity index (χ0) is 21.8. The van der Waals surface area contributed by atoms with Crippen molar-refractivity contribution >= 4 is 23.6 Å². The predicted molar refractivity (Wildman–Crippen MR) is 122 cm³/mol. The standard InChI is InChI=1S/C24H25N5O2/c1-16(2)27-23(30)15-31-21-6-4-5-17(12-21)24-26-10-9-22(28-24)29(3)20-8-7-18-13-25-14-19(18)11-20/h4-12,14,16H,13,15H2,1-3H3,(H,27,30). The molecule has 2 aromatic carbocycles. The summed E-state index contributed by atoms with van der Waals surface area (Å²) < 4.78 is 5.63. The number of nitrogens with one attached hydrogen (secondary N) is 1. The lowest BCUT2D eigenvalue weighted by atomic mass is 10.1. The molecule has 1 aromatic heterocycles. The van der Waals surface area contributed by atoms with Crippen LogP contribution in [0, 0.1) is 0 Å². The number of carbonyl (C=O) groups excluding carboxylic acids is 1. The van der Waals surface area contributed by atoms with Crippen LogP contribution in [0.4, 0.5) is 11.5 Å². The lowest BCUT2D eigenvalue weighted by Crippen LogP contribution is -2.34. The van der Waals surface area contributed by atoms with Gasteiger partial charge >= 0.3 is 0 Å². The van der Waals surface area contributed by atoms with E-state index in [-0.39, 0.29) is 18.6 Å². The van der Waals surface area contributed by atoms with Crippen molar-refractivity contribution in [3.63, 3.8) is 0 Å². The molecule has 0 spiro atoms. The van der Waals surface area contributed by atoms with Crippen molar-refractivity contribution in [3.05, 3.63) is 65.9 Å². The summed E-state index contributed by atoms with van der Waals surface area (Å²) in [6, 6.07) is 15.7. The van der Waals surface area contributed by atoms with E-state index in [0.717, 1.165) is 29.2 Å². The SMILES string of the molecule is CC(C)NC(=O)COc1cccc(-c2nccc(N(C)c3ccc4c(c3)C=NC4)n2)c1. The highest BCUT2D eigenvalue weighted by Crippen LogP contribution is 2.28. The molecule has 0 atom stereocenters. The molecule has 0 unspecified atom stereocenters. The van der Waals surface area contributed by atoms with Gasteiger partial charge in [0.1, 0.15) is 11.6 Å². The second kappa shape index (κ2) is 8.95. The van der Waals surface area contributed by atoms with Crippen LogP contribution >= 0.6 is 0 Å². The average Bonchev–Trinajstić information content (AvgIpc) is 3.25. The smallest absolute Gasteiger partial charge is 0.258 e. The molecule has 31 heavy (non-hydrogen) atoms. The van der Waals surface area contributed by atoms with Crippen molar-refractivity contribution < 1.29 is 9.53 Å². The van der Waals surface area contributed by atoms with Crippen LogP contribution in [-0.4, -0.2) is 41.8 Å². The van der Waals surface area contributed by atoms with E-state index in [1.165, 1.54) is 5.56 Å². The van der Waals surface area contributed by atoms with Crippen LogP contribution in [0.1, 0.15) is 25.0 Å². The Labute approximate surface area is 181 Å². The molecule has 1 amide bonds. The molecule has 0 radical (unpaired) electrons. The molecule has 0 bridgehead atoms. The number of fused-ring (bicyclic) bond motifs is 1. The first-order chi connectivity index (χ1) is 15.0. The van der Waals surface area contributed by atoms with Gasteiger partial charge in [0.25, 0.3) is 5.91 Å². The Morgan fingerprint density at radius 3 is 2.90 bits per heavy atom. The van der Waals surface area contributed by atoms with Crippen molar-refractivity contribution in [3.8, 4) is 17.1 Å². The van der Waals surface area contributed by atoms with Crippen molar-refractivity contribution in [2.75, 3.05) is 18.6 Å². The third-order valence-corrected chi connectivity index (χ3v) is 4.91. The van der Waals surface area contributed by atoms with Gasteiger partial charge in [0.2, 0.25) is 0 Å². The van der Waals surface area contributed by atoms with E-state index >= 15 is 0 Å². The van der Waals surface area contributed by atoms with Crippen LogP contribution < -0.4 is 15.0 Å². The summed E-state index contributed by atoms with van der Waals surface area (Å²) in [5, 5.41) is 2.81. The summed E-state index contributed by atoms with van der Waals surface area (Å²) >= 11 is 0. The number of hydrogen-bond donors (Lipinski definition) is 1. The van der Waals surface area contributed by atoms with E-state index in [9.17, 15) is 4.79 Å². The molecular weight excluding hydrogens is 390 g/mol. The van der Waals surface area contributed by atoms with Gasteiger partial charge in [-0.3, -0.25) is 9.79 Å². The number of ether oxygens (including phenoxy) is 1. The van der Waals surface area contributed by atoms with Crippen LogP contribution in [-0.2, 0) is 11.3 Å². The molecule has 1 aliphatic rings.